The standard InChI is InChI=1S/C15H23N3OS/c1-2-8-18(12-14-5-3-11-20-14)15(19)13-17-9-4-6-16-7-10-17/h2-3,5,11,16H,1,4,6-10,12-13H2. The number of thiophene rings is 1. The third-order valence-corrected chi connectivity index (χ3v) is 4.28. The van der Waals surface area contributed by atoms with E-state index in [-0.39, 0.29) is 5.91 Å². The molecule has 1 aliphatic heterocycles. The Morgan fingerprint density at radius 3 is 3.15 bits per heavy atom. The Labute approximate surface area is 125 Å². The maximum atomic E-state index is 12.5. The molecule has 1 N–H and O–H groups in total. The summed E-state index contributed by atoms with van der Waals surface area (Å²) in [6.07, 6.45) is 2.91. The Balaban J connectivity index is 1.90. The molecule has 0 aromatic carbocycles. The molecule has 0 saturated carbocycles. The second kappa shape index (κ2) is 8.19. The van der Waals surface area contributed by atoms with E-state index < -0.39 is 0 Å². The maximum Gasteiger partial charge on any atom is 0.237 e. The van der Waals surface area contributed by atoms with Gasteiger partial charge in [-0.25, -0.2) is 0 Å². The zero-order valence-electron chi connectivity index (χ0n) is 11.9. The van der Waals surface area contributed by atoms with Crippen LogP contribution >= 0.6 is 11.3 Å². The van der Waals surface area contributed by atoms with Gasteiger partial charge in [-0.15, -0.1) is 17.9 Å². The molecule has 110 valence electrons. The molecule has 0 bridgehead atoms. The van der Waals surface area contributed by atoms with Crippen molar-refractivity contribution in [1.29, 1.82) is 0 Å². The lowest BCUT2D eigenvalue weighted by atomic mass is 10.3. The number of nitrogens with zero attached hydrogens (tertiary/aromatic N) is 2. The van der Waals surface area contributed by atoms with E-state index in [0.717, 1.165) is 32.6 Å². The lowest BCUT2D eigenvalue weighted by Crippen LogP contribution is -2.41. The van der Waals surface area contributed by atoms with Gasteiger partial charge in [0, 0.05) is 24.5 Å². The average molecular weight is 293 g/mol. The Morgan fingerprint density at radius 2 is 2.40 bits per heavy atom. The maximum absolute atomic E-state index is 12.5. The van der Waals surface area contributed by atoms with Gasteiger partial charge in [-0.2, -0.15) is 0 Å². The van der Waals surface area contributed by atoms with E-state index in [2.05, 4.69) is 22.9 Å². The quantitative estimate of drug-likeness (QED) is 0.809. The summed E-state index contributed by atoms with van der Waals surface area (Å²) in [5.74, 6) is 0.195. The molecular weight excluding hydrogens is 270 g/mol. The molecular formula is C15H23N3OS. The summed E-state index contributed by atoms with van der Waals surface area (Å²) in [6.45, 7) is 9.55. The van der Waals surface area contributed by atoms with Crippen molar-refractivity contribution in [2.45, 2.75) is 13.0 Å². The minimum atomic E-state index is 0.195. The van der Waals surface area contributed by atoms with Crippen LogP contribution in [-0.2, 0) is 11.3 Å². The molecule has 1 fully saturated rings. The van der Waals surface area contributed by atoms with E-state index in [1.807, 2.05) is 16.3 Å². The van der Waals surface area contributed by atoms with Crippen molar-refractivity contribution in [1.82, 2.24) is 15.1 Å². The molecule has 1 aromatic rings. The predicted molar refractivity (Wildman–Crippen MR) is 83.9 cm³/mol. The second-order valence-corrected chi connectivity index (χ2v) is 6.05. The molecule has 1 aromatic heterocycles. The summed E-state index contributed by atoms with van der Waals surface area (Å²) >= 11 is 1.69. The van der Waals surface area contributed by atoms with Crippen molar-refractivity contribution in [3.63, 3.8) is 0 Å². The van der Waals surface area contributed by atoms with Gasteiger partial charge < -0.3 is 10.2 Å². The van der Waals surface area contributed by atoms with Crippen LogP contribution in [0.2, 0.25) is 0 Å². The van der Waals surface area contributed by atoms with E-state index in [0.29, 0.717) is 19.6 Å². The molecule has 0 radical (unpaired) electrons. The largest absolute Gasteiger partial charge is 0.333 e. The number of hydrogen-bond donors (Lipinski definition) is 1. The van der Waals surface area contributed by atoms with Gasteiger partial charge in [0.2, 0.25) is 5.91 Å². The van der Waals surface area contributed by atoms with Gasteiger partial charge in [0.25, 0.3) is 0 Å². The molecule has 1 amide bonds. The Hall–Kier alpha value is -1.17. The van der Waals surface area contributed by atoms with Crippen LogP contribution < -0.4 is 5.32 Å². The first kappa shape index (κ1) is 15.2. The summed E-state index contributed by atoms with van der Waals surface area (Å²) in [6, 6.07) is 4.10. The van der Waals surface area contributed by atoms with E-state index in [1.165, 1.54) is 4.88 Å². The molecule has 4 nitrogen and oxygen atoms in total. The van der Waals surface area contributed by atoms with E-state index in [9.17, 15) is 4.79 Å². The molecule has 20 heavy (non-hydrogen) atoms. The number of hydrogen-bond acceptors (Lipinski definition) is 4. The normalized spacial score (nSPS) is 16.6. The predicted octanol–water partition coefficient (Wildman–Crippen LogP) is 1.56. The van der Waals surface area contributed by atoms with Crippen LogP contribution in [0.5, 0.6) is 0 Å². The molecule has 0 aliphatic carbocycles. The topological polar surface area (TPSA) is 35.6 Å². The Morgan fingerprint density at radius 1 is 1.50 bits per heavy atom. The molecule has 2 rings (SSSR count). The molecule has 0 spiro atoms. The summed E-state index contributed by atoms with van der Waals surface area (Å²) in [4.78, 5) is 17.8. The lowest BCUT2D eigenvalue weighted by molar-refractivity contribution is -0.132. The zero-order valence-corrected chi connectivity index (χ0v) is 12.7. The fourth-order valence-corrected chi connectivity index (χ4v) is 3.07. The van der Waals surface area contributed by atoms with Crippen molar-refractivity contribution < 1.29 is 4.79 Å². The highest BCUT2D eigenvalue weighted by atomic mass is 32.1. The van der Waals surface area contributed by atoms with E-state index in [4.69, 9.17) is 0 Å². The van der Waals surface area contributed by atoms with Gasteiger partial charge in [-0.05, 0) is 31.0 Å². The average Bonchev–Trinajstić information content (AvgIpc) is 2.82. The fourth-order valence-electron chi connectivity index (χ4n) is 2.35. The van der Waals surface area contributed by atoms with Crippen LogP contribution in [0.3, 0.4) is 0 Å². The molecule has 1 aliphatic rings. The van der Waals surface area contributed by atoms with Gasteiger partial charge in [-0.3, -0.25) is 9.69 Å². The molecule has 5 heteroatoms. The van der Waals surface area contributed by atoms with Gasteiger partial charge in [0.1, 0.15) is 0 Å². The SMILES string of the molecule is C=CCN(Cc1cccs1)C(=O)CN1CCCNCC1. The van der Waals surface area contributed by atoms with Gasteiger partial charge in [0.05, 0.1) is 13.1 Å². The van der Waals surface area contributed by atoms with Crippen molar-refractivity contribution >= 4 is 17.2 Å². The molecule has 0 atom stereocenters. The van der Waals surface area contributed by atoms with Crippen molar-refractivity contribution in [2.75, 3.05) is 39.3 Å². The molecule has 0 unspecified atom stereocenters. The van der Waals surface area contributed by atoms with E-state index in [1.54, 1.807) is 17.4 Å². The first-order chi connectivity index (χ1) is 9.79. The number of rotatable bonds is 6. The monoisotopic (exact) mass is 293 g/mol. The fraction of sp³-hybridized carbons (Fsp3) is 0.533. The van der Waals surface area contributed by atoms with Crippen molar-refractivity contribution in [3.8, 4) is 0 Å². The van der Waals surface area contributed by atoms with Crippen LogP contribution in [0.15, 0.2) is 30.2 Å². The highest BCUT2D eigenvalue weighted by molar-refractivity contribution is 7.09. The first-order valence-corrected chi connectivity index (χ1v) is 8.01. The number of nitrogens with one attached hydrogen (secondary N) is 1. The van der Waals surface area contributed by atoms with E-state index >= 15 is 0 Å². The van der Waals surface area contributed by atoms with Crippen molar-refractivity contribution in [3.05, 3.63) is 35.0 Å². The van der Waals surface area contributed by atoms with Crippen LogP contribution in [0.4, 0.5) is 0 Å². The van der Waals surface area contributed by atoms with Crippen LogP contribution in [-0.4, -0.2) is 55.0 Å². The lowest BCUT2D eigenvalue weighted by Gasteiger charge is -2.25. The summed E-state index contributed by atoms with van der Waals surface area (Å²) in [5.41, 5.74) is 0. The highest BCUT2D eigenvalue weighted by Gasteiger charge is 2.18. The van der Waals surface area contributed by atoms with Gasteiger partial charge in [-0.1, -0.05) is 12.1 Å². The molecule has 1 saturated heterocycles. The van der Waals surface area contributed by atoms with Gasteiger partial charge in [0.15, 0.2) is 0 Å². The zero-order chi connectivity index (χ0) is 14.2. The summed E-state index contributed by atoms with van der Waals surface area (Å²) in [5, 5.41) is 5.41. The van der Waals surface area contributed by atoms with Crippen molar-refractivity contribution in [2.24, 2.45) is 0 Å². The van der Waals surface area contributed by atoms with Crippen LogP contribution in [0.1, 0.15) is 11.3 Å². The minimum absolute atomic E-state index is 0.195. The second-order valence-electron chi connectivity index (χ2n) is 5.02. The minimum Gasteiger partial charge on any atom is -0.333 e. The Kier molecular flexibility index (Phi) is 6.24. The molecule has 2 heterocycles. The summed E-state index contributed by atoms with van der Waals surface area (Å²) in [7, 11) is 0. The van der Waals surface area contributed by atoms with Gasteiger partial charge >= 0.3 is 0 Å². The number of carbonyl (C=O) groups excluding carboxylic acids is 1. The Bertz CT molecular complexity index is 411. The first-order valence-electron chi connectivity index (χ1n) is 7.13. The van der Waals surface area contributed by atoms with Crippen LogP contribution in [0.25, 0.3) is 0 Å². The summed E-state index contributed by atoms with van der Waals surface area (Å²) < 4.78 is 0. The number of carbonyl (C=O) groups is 1. The third kappa shape index (κ3) is 4.74. The van der Waals surface area contributed by atoms with Crippen LogP contribution in [0, 0.1) is 0 Å². The third-order valence-electron chi connectivity index (χ3n) is 3.42. The number of amides is 1. The highest BCUT2D eigenvalue weighted by Crippen LogP contribution is 2.12. The smallest absolute Gasteiger partial charge is 0.237 e.